The number of pyridine rings is 1. The summed E-state index contributed by atoms with van der Waals surface area (Å²) in [6, 6.07) is 14.5. The van der Waals surface area contributed by atoms with E-state index in [1.165, 1.54) is 39.2 Å². The maximum atomic E-state index is 12.8. The molecule has 8 heteroatoms. The molecule has 0 radical (unpaired) electrons. The normalized spacial score (nSPS) is 17.2. The number of para-hydroxylation sites is 1. The van der Waals surface area contributed by atoms with Gasteiger partial charge in [-0.25, -0.2) is 9.78 Å². The molecule has 1 saturated carbocycles. The first-order valence-electron chi connectivity index (χ1n) is 12.6. The summed E-state index contributed by atoms with van der Waals surface area (Å²) < 4.78 is 5.28. The van der Waals surface area contributed by atoms with Crippen LogP contribution in [0.3, 0.4) is 0 Å². The minimum atomic E-state index is -1.02. The molecule has 188 valence electrons. The minimum absolute atomic E-state index is 0.179. The van der Waals surface area contributed by atoms with Crippen molar-refractivity contribution in [1.82, 2.24) is 9.88 Å². The fourth-order valence-corrected chi connectivity index (χ4v) is 5.42. The molecule has 0 spiro atoms. The van der Waals surface area contributed by atoms with Crippen LogP contribution in [-0.2, 0) is 0 Å². The van der Waals surface area contributed by atoms with Gasteiger partial charge in [0, 0.05) is 43.3 Å². The summed E-state index contributed by atoms with van der Waals surface area (Å²) in [4.78, 5) is 34.6. The first-order valence-corrected chi connectivity index (χ1v) is 12.6. The first-order chi connectivity index (χ1) is 17.5. The Kier molecular flexibility index (Phi) is 7.04. The average molecular weight is 489 g/mol. The quantitative estimate of drug-likeness (QED) is 0.522. The van der Waals surface area contributed by atoms with Crippen LogP contribution in [0.2, 0.25) is 0 Å². The van der Waals surface area contributed by atoms with E-state index in [1.54, 1.807) is 48.5 Å². The van der Waals surface area contributed by atoms with Gasteiger partial charge in [-0.05, 0) is 49.2 Å². The Bertz CT molecular complexity index is 1260. The van der Waals surface area contributed by atoms with Crippen LogP contribution in [0.4, 0.5) is 11.5 Å². The van der Waals surface area contributed by atoms with Gasteiger partial charge < -0.3 is 20.1 Å². The van der Waals surface area contributed by atoms with Crippen molar-refractivity contribution in [2.24, 2.45) is 0 Å². The lowest BCUT2D eigenvalue weighted by Gasteiger charge is -2.41. The number of hydrogen-bond acceptors (Lipinski definition) is 6. The van der Waals surface area contributed by atoms with E-state index in [-0.39, 0.29) is 11.5 Å². The highest BCUT2D eigenvalue weighted by atomic mass is 16.5. The van der Waals surface area contributed by atoms with Gasteiger partial charge in [0.1, 0.15) is 11.6 Å². The molecule has 3 aromatic rings. The summed E-state index contributed by atoms with van der Waals surface area (Å²) >= 11 is 0. The van der Waals surface area contributed by atoms with Crippen LogP contribution in [0.15, 0.2) is 48.5 Å². The number of aromatic nitrogens is 1. The Morgan fingerprint density at radius 1 is 0.972 bits per heavy atom. The van der Waals surface area contributed by atoms with Crippen molar-refractivity contribution in [1.29, 1.82) is 0 Å². The van der Waals surface area contributed by atoms with Crippen LogP contribution in [0.5, 0.6) is 5.75 Å². The average Bonchev–Trinajstić information content (AvgIpc) is 2.93. The van der Waals surface area contributed by atoms with Crippen molar-refractivity contribution in [2.45, 2.75) is 38.1 Å². The number of nitrogens with zero attached hydrogens (tertiary/aromatic N) is 3. The highest BCUT2D eigenvalue weighted by molar-refractivity contribution is 6.09. The number of nitrogens with one attached hydrogen (secondary N) is 1. The molecule has 36 heavy (non-hydrogen) atoms. The Labute approximate surface area is 210 Å². The summed E-state index contributed by atoms with van der Waals surface area (Å²) in [5, 5.41) is 13.3. The predicted molar refractivity (Wildman–Crippen MR) is 140 cm³/mol. The third kappa shape index (κ3) is 4.99. The van der Waals surface area contributed by atoms with Crippen LogP contribution in [0.1, 0.15) is 52.8 Å². The largest absolute Gasteiger partial charge is 0.496 e. The van der Waals surface area contributed by atoms with E-state index < -0.39 is 5.97 Å². The fourth-order valence-electron chi connectivity index (χ4n) is 5.42. The van der Waals surface area contributed by atoms with Crippen LogP contribution >= 0.6 is 0 Å². The lowest BCUT2D eigenvalue weighted by molar-refractivity contribution is 0.0698. The van der Waals surface area contributed by atoms with E-state index in [0.29, 0.717) is 39.8 Å². The molecule has 2 aromatic carbocycles. The van der Waals surface area contributed by atoms with E-state index in [4.69, 9.17) is 9.72 Å². The molecule has 2 aliphatic rings. The summed E-state index contributed by atoms with van der Waals surface area (Å²) in [5.74, 6) is -0.187. The molecule has 1 aliphatic carbocycles. The monoisotopic (exact) mass is 488 g/mol. The Hall–Kier alpha value is -3.65. The number of rotatable bonds is 6. The zero-order valence-corrected chi connectivity index (χ0v) is 20.6. The predicted octanol–water partition coefficient (Wildman–Crippen LogP) is 4.65. The molecular weight excluding hydrogens is 456 g/mol. The number of hydrogen-bond donors (Lipinski definition) is 2. The number of fused-ring (bicyclic) bond motifs is 1. The van der Waals surface area contributed by atoms with Gasteiger partial charge in [0.15, 0.2) is 0 Å². The third-order valence-corrected chi connectivity index (χ3v) is 7.36. The molecule has 8 nitrogen and oxygen atoms in total. The van der Waals surface area contributed by atoms with Gasteiger partial charge in [-0.3, -0.25) is 9.69 Å². The summed E-state index contributed by atoms with van der Waals surface area (Å²) in [6.45, 7) is 3.61. The second kappa shape index (κ2) is 10.5. The lowest BCUT2D eigenvalue weighted by atomic mass is 9.94. The number of carboxylic acid groups (broad SMARTS) is 1. The minimum Gasteiger partial charge on any atom is -0.496 e. The Morgan fingerprint density at radius 3 is 2.44 bits per heavy atom. The number of anilines is 2. The van der Waals surface area contributed by atoms with Crippen LogP contribution in [-0.4, -0.2) is 66.2 Å². The van der Waals surface area contributed by atoms with Gasteiger partial charge in [-0.15, -0.1) is 0 Å². The summed E-state index contributed by atoms with van der Waals surface area (Å²) in [5.41, 5.74) is 1.67. The number of amides is 1. The van der Waals surface area contributed by atoms with Crippen LogP contribution < -0.4 is 15.0 Å². The molecule has 2 heterocycles. The summed E-state index contributed by atoms with van der Waals surface area (Å²) in [7, 11) is 1.51. The highest BCUT2D eigenvalue weighted by Crippen LogP contribution is 2.29. The standard InChI is InChI=1S/C28H32N4O4/c1-36-25-10-6-5-9-21(25)27(33)29-19-11-12-24-22(17-19)23(28(34)35)18-26(30-24)32-15-13-31(14-16-32)20-7-3-2-4-8-20/h5-6,9-12,17-18,20H,2-4,7-8,13-16H2,1H3,(H,29,33)(H,34,35). The number of ether oxygens (including phenoxy) is 1. The second-order valence-electron chi connectivity index (χ2n) is 9.53. The molecule has 2 N–H and O–H groups in total. The van der Waals surface area contributed by atoms with Gasteiger partial charge in [-0.2, -0.15) is 0 Å². The molecule has 5 rings (SSSR count). The fraction of sp³-hybridized carbons (Fsp3) is 0.393. The van der Waals surface area contributed by atoms with E-state index in [9.17, 15) is 14.7 Å². The molecule has 1 saturated heterocycles. The smallest absolute Gasteiger partial charge is 0.336 e. The van der Waals surface area contributed by atoms with Crippen molar-refractivity contribution < 1.29 is 19.4 Å². The van der Waals surface area contributed by atoms with E-state index >= 15 is 0 Å². The van der Waals surface area contributed by atoms with E-state index in [2.05, 4.69) is 15.1 Å². The number of benzene rings is 2. The zero-order chi connectivity index (χ0) is 25.1. The van der Waals surface area contributed by atoms with Crippen molar-refractivity contribution in [2.75, 3.05) is 43.5 Å². The number of carboxylic acids is 1. The molecule has 0 atom stereocenters. The van der Waals surface area contributed by atoms with E-state index in [0.717, 1.165) is 26.2 Å². The molecular formula is C28H32N4O4. The molecule has 1 aliphatic heterocycles. The number of aromatic carboxylic acids is 1. The van der Waals surface area contributed by atoms with Gasteiger partial charge in [0.05, 0.1) is 23.8 Å². The van der Waals surface area contributed by atoms with Gasteiger partial charge in [0.25, 0.3) is 5.91 Å². The topological polar surface area (TPSA) is 95.0 Å². The highest BCUT2D eigenvalue weighted by Gasteiger charge is 2.26. The first kappa shape index (κ1) is 24.1. The third-order valence-electron chi connectivity index (χ3n) is 7.36. The van der Waals surface area contributed by atoms with Crippen LogP contribution in [0, 0.1) is 0 Å². The number of carbonyl (C=O) groups is 2. The number of carbonyl (C=O) groups excluding carboxylic acids is 1. The Balaban J connectivity index is 1.36. The van der Waals surface area contributed by atoms with Crippen LogP contribution in [0.25, 0.3) is 10.9 Å². The maximum absolute atomic E-state index is 12.8. The summed E-state index contributed by atoms with van der Waals surface area (Å²) in [6.07, 6.45) is 6.56. The molecule has 2 fully saturated rings. The maximum Gasteiger partial charge on any atom is 0.336 e. The van der Waals surface area contributed by atoms with Crippen molar-refractivity contribution >= 4 is 34.3 Å². The molecule has 0 bridgehead atoms. The van der Waals surface area contributed by atoms with Crippen molar-refractivity contribution in [3.8, 4) is 5.75 Å². The molecule has 1 aromatic heterocycles. The zero-order valence-electron chi connectivity index (χ0n) is 20.6. The van der Waals surface area contributed by atoms with Gasteiger partial charge >= 0.3 is 5.97 Å². The number of methoxy groups -OCH3 is 1. The molecule has 0 unspecified atom stereocenters. The van der Waals surface area contributed by atoms with Gasteiger partial charge in [-0.1, -0.05) is 31.4 Å². The van der Waals surface area contributed by atoms with Crippen molar-refractivity contribution in [3.63, 3.8) is 0 Å². The SMILES string of the molecule is COc1ccccc1C(=O)Nc1ccc2nc(N3CCN(C4CCCCC4)CC3)cc(C(=O)O)c2c1. The molecule has 1 amide bonds. The lowest BCUT2D eigenvalue weighted by Crippen LogP contribution is -2.51. The second-order valence-corrected chi connectivity index (χ2v) is 9.53. The van der Waals surface area contributed by atoms with Crippen molar-refractivity contribution in [3.05, 3.63) is 59.7 Å². The number of piperazine rings is 1. The Morgan fingerprint density at radius 2 is 1.72 bits per heavy atom. The van der Waals surface area contributed by atoms with Gasteiger partial charge in [0.2, 0.25) is 0 Å². The van der Waals surface area contributed by atoms with E-state index in [1.807, 2.05) is 0 Å².